The summed E-state index contributed by atoms with van der Waals surface area (Å²) in [5, 5.41) is 22.8. The lowest BCUT2D eigenvalue weighted by Gasteiger charge is -2.31. The second kappa shape index (κ2) is 8.44. The number of ether oxygens (including phenoxy) is 1. The van der Waals surface area contributed by atoms with Crippen molar-refractivity contribution in [1.82, 2.24) is 30.4 Å². The Morgan fingerprint density at radius 1 is 1.41 bits per heavy atom. The van der Waals surface area contributed by atoms with Crippen molar-refractivity contribution in [1.29, 1.82) is 0 Å². The monoisotopic (exact) mass is 475 g/mol. The fraction of sp³-hybridized carbons (Fsp3) is 0.625. The molecular weight excluding hydrogens is 450 g/mol. The SMILES string of the molecule is CN/C(=N\O)C1c2c(cnn2CCNC(=O)OC(C)(C)C)C2CN1C(=O)N2OS(=O)(=O)O. The highest BCUT2D eigenvalue weighted by Gasteiger charge is 2.53. The molecule has 4 N–H and O–H groups in total. The molecule has 1 aromatic rings. The number of rotatable bonds is 6. The molecule has 2 bridgehead atoms. The van der Waals surface area contributed by atoms with E-state index in [1.807, 2.05) is 0 Å². The van der Waals surface area contributed by atoms with Crippen molar-refractivity contribution < 1.29 is 36.8 Å². The van der Waals surface area contributed by atoms with Gasteiger partial charge in [-0.15, -0.1) is 4.28 Å². The standard InChI is InChI=1S/C16H25N7O8S/c1-16(2,3)30-14(24)18-5-6-22-11-9(7-19-22)10-8-21(12(11)13(17-4)20-26)15(25)23(10)31-32(27,28)29/h7,10,12,26H,5-6,8H2,1-4H3,(H,17,20)(H,18,24)(H,27,28,29). The van der Waals surface area contributed by atoms with Gasteiger partial charge in [0.2, 0.25) is 0 Å². The number of amides is 3. The molecule has 0 radical (unpaired) electrons. The van der Waals surface area contributed by atoms with E-state index < -0.39 is 40.2 Å². The van der Waals surface area contributed by atoms with E-state index in [9.17, 15) is 23.2 Å². The van der Waals surface area contributed by atoms with Crippen molar-refractivity contribution >= 4 is 28.4 Å². The molecule has 1 aromatic heterocycles. The maximum atomic E-state index is 12.8. The zero-order chi connectivity index (χ0) is 23.8. The summed E-state index contributed by atoms with van der Waals surface area (Å²) >= 11 is 0. The van der Waals surface area contributed by atoms with Gasteiger partial charge in [0.25, 0.3) is 0 Å². The molecule has 1 saturated heterocycles. The van der Waals surface area contributed by atoms with E-state index >= 15 is 0 Å². The zero-order valence-electron chi connectivity index (χ0n) is 17.8. The molecule has 0 aliphatic carbocycles. The van der Waals surface area contributed by atoms with Gasteiger partial charge in [0.1, 0.15) is 17.7 Å². The Kier molecular flexibility index (Phi) is 6.21. The van der Waals surface area contributed by atoms with Crippen LogP contribution in [0.2, 0.25) is 0 Å². The summed E-state index contributed by atoms with van der Waals surface area (Å²) in [6.07, 6.45) is 0.802. The number of carbonyl (C=O) groups is 2. The van der Waals surface area contributed by atoms with E-state index in [0.717, 1.165) is 0 Å². The minimum atomic E-state index is -4.97. The Morgan fingerprint density at radius 2 is 2.09 bits per heavy atom. The van der Waals surface area contributed by atoms with E-state index in [0.29, 0.717) is 16.3 Å². The summed E-state index contributed by atoms with van der Waals surface area (Å²) in [6, 6.07) is -2.70. The molecule has 32 heavy (non-hydrogen) atoms. The summed E-state index contributed by atoms with van der Waals surface area (Å²) in [5.74, 6) is -0.00592. The first kappa shape index (κ1) is 23.6. The topological polar surface area (TPSA) is 188 Å². The summed E-state index contributed by atoms with van der Waals surface area (Å²) in [7, 11) is -3.48. The lowest BCUT2D eigenvalue weighted by atomic mass is 9.97. The van der Waals surface area contributed by atoms with E-state index in [1.54, 1.807) is 20.8 Å². The van der Waals surface area contributed by atoms with Gasteiger partial charge in [0.15, 0.2) is 5.84 Å². The van der Waals surface area contributed by atoms with Gasteiger partial charge in [0, 0.05) is 19.2 Å². The summed E-state index contributed by atoms with van der Waals surface area (Å²) in [5.41, 5.74) is 0.182. The fourth-order valence-electron chi connectivity index (χ4n) is 3.61. The molecule has 2 aliphatic heterocycles. The Labute approximate surface area is 183 Å². The quantitative estimate of drug-likeness (QED) is 0.143. The van der Waals surface area contributed by atoms with Gasteiger partial charge in [-0.3, -0.25) is 9.23 Å². The highest BCUT2D eigenvalue weighted by molar-refractivity contribution is 7.80. The van der Waals surface area contributed by atoms with Crippen molar-refractivity contribution in [2.45, 2.75) is 45.0 Å². The number of hydrogen-bond donors (Lipinski definition) is 4. The number of hydrogen-bond acceptors (Lipinski definition) is 9. The highest BCUT2D eigenvalue weighted by Crippen LogP contribution is 2.44. The van der Waals surface area contributed by atoms with Gasteiger partial charge < -0.3 is 25.5 Å². The van der Waals surface area contributed by atoms with Crippen LogP contribution in [0.25, 0.3) is 0 Å². The molecular formula is C16H25N7O8S. The van der Waals surface area contributed by atoms with Crippen LogP contribution >= 0.6 is 0 Å². The molecule has 178 valence electrons. The minimum Gasteiger partial charge on any atom is -0.444 e. The van der Waals surface area contributed by atoms with E-state index in [2.05, 4.69) is 25.2 Å². The van der Waals surface area contributed by atoms with Gasteiger partial charge in [-0.2, -0.15) is 18.6 Å². The second-order valence-electron chi connectivity index (χ2n) is 8.05. The molecule has 2 aliphatic rings. The van der Waals surface area contributed by atoms with Crippen molar-refractivity contribution in [2.24, 2.45) is 5.16 Å². The van der Waals surface area contributed by atoms with Crippen LogP contribution in [0.3, 0.4) is 0 Å². The van der Waals surface area contributed by atoms with E-state index in [4.69, 9.17) is 9.29 Å². The molecule has 16 heteroatoms. The van der Waals surface area contributed by atoms with Crippen molar-refractivity contribution in [2.75, 3.05) is 20.1 Å². The number of likely N-dealkylation sites (N-methyl/N-ethyl adjacent to an activating group) is 1. The molecule has 15 nitrogen and oxygen atoms in total. The molecule has 3 heterocycles. The number of nitrogens with one attached hydrogen (secondary N) is 2. The molecule has 0 spiro atoms. The Balaban J connectivity index is 1.90. The predicted octanol–water partition coefficient (Wildman–Crippen LogP) is -0.0173. The van der Waals surface area contributed by atoms with Crippen LogP contribution in [0, 0.1) is 0 Å². The number of amidine groups is 1. The molecule has 0 saturated carbocycles. The predicted molar refractivity (Wildman–Crippen MR) is 107 cm³/mol. The van der Waals surface area contributed by atoms with Crippen LogP contribution in [0.15, 0.2) is 11.4 Å². The van der Waals surface area contributed by atoms with Crippen LogP contribution in [-0.4, -0.2) is 81.6 Å². The van der Waals surface area contributed by atoms with Crippen LogP contribution in [-0.2, 0) is 26.0 Å². The number of carbonyl (C=O) groups excluding carboxylic acids is 2. The Morgan fingerprint density at radius 3 is 2.66 bits per heavy atom. The molecule has 3 rings (SSSR count). The van der Waals surface area contributed by atoms with Gasteiger partial charge >= 0.3 is 22.5 Å². The normalized spacial score (nSPS) is 20.9. The summed E-state index contributed by atoms with van der Waals surface area (Å²) in [6.45, 7) is 5.49. The molecule has 1 fully saturated rings. The lowest BCUT2D eigenvalue weighted by molar-refractivity contribution is -0.0316. The first-order valence-corrected chi connectivity index (χ1v) is 10.9. The van der Waals surface area contributed by atoms with Gasteiger partial charge in [-0.1, -0.05) is 5.16 Å². The first-order chi connectivity index (χ1) is 14.9. The average Bonchev–Trinajstić information content (AvgIpc) is 3.18. The van der Waals surface area contributed by atoms with Crippen LogP contribution < -0.4 is 10.6 Å². The number of aromatic nitrogens is 2. The minimum absolute atomic E-state index is 0.00539. The number of hydroxylamine groups is 2. The number of urea groups is 1. The summed E-state index contributed by atoms with van der Waals surface area (Å²) < 4.78 is 42.7. The van der Waals surface area contributed by atoms with Crippen molar-refractivity contribution in [3.63, 3.8) is 0 Å². The van der Waals surface area contributed by atoms with E-state index in [-0.39, 0.29) is 25.5 Å². The maximum Gasteiger partial charge on any atom is 0.418 e. The smallest absolute Gasteiger partial charge is 0.418 e. The highest BCUT2D eigenvalue weighted by atomic mass is 32.3. The largest absolute Gasteiger partial charge is 0.444 e. The lowest BCUT2D eigenvalue weighted by Crippen LogP contribution is -2.44. The molecule has 2 atom stereocenters. The van der Waals surface area contributed by atoms with E-state index in [1.165, 1.54) is 22.8 Å². The van der Waals surface area contributed by atoms with Crippen LogP contribution in [0.5, 0.6) is 0 Å². The molecule has 0 aromatic carbocycles. The fourth-order valence-corrected chi connectivity index (χ4v) is 3.98. The third-order valence-corrected chi connectivity index (χ3v) is 5.06. The number of nitrogens with zero attached hydrogens (tertiary/aromatic N) is 5. The van der Waals surface area contributed by atoms with Crippen LogP contribution in [0.1, 0.15) is 44.1 Å². The third kappa shape index (κ3) is 4.71. The van der Waals surface area contributed by atoms with Gasteiger partial charge in [0.05, 0.1) is 25.0 Å². The molecule has 2 unspecified atom stereocenters. The number of fused-ring (bicyclic) bond motifs is 4. The van der Waals surface area contributed by atoms with Gasteiger partial charge in [-0.25, -0.2) is 9.59 Å². The molecule has 3 amide bonds. The first-order valence-electron chi connectivity index (χ1n) is 9.55. The van der Waals surface area contributed by atoms with Gasteiger partial charge in [-0.05, 0) is 20.8 Å². The van der Waals surface area contributed by atoms with Crippen LogP contribution in [0.4, 0.5) is 9.59 Å². The Bertz CT molecular complexity index is 1030. The third-order valence-electron chi connectivity index (χ3n) is 4.72. The average molecular weight is 475 g/mol. The van der Waals surface area contributed by atoms with Crippen molar-refractivity contribution in [3.05, 3.63) is 17.5 Å². The Hall–Kier alpha value is -3.11. The summed E-state index contributed by atoms with van der Waals surface area (Å²) in [4.78, 5) is 25.9. The maximum absolute atomic E-state index is 12.8. The number of oxime groups is 1. The second-order valence-corrected chi connectivity index (χ2v) is 9.06. The van der Waals surface area contributed by atoms with Crippen molar-refractivity contribution in [3.8, 4) is 0 Å². The zero-order valence-corrected chi connectivity index (χ0v) is 18.7. The number of alkyl carbamates (subject to hydrolysis) is 1.